The lowest BCUT2D eigenvalue weighted by molar-refractivity contribution is 0.436. The lowest BCUT2D eigenvalue weighted by Gasteiger charge is -2.39. The Kier molecular flexibility index (Phi) is 14.7. The Balaban J connectivity index is 0.646. The monoisotopic (exact) mass is 1450 g/mol. The number of fused-ring (bicyclic) bond motifs is 20. The molecule has 0 N–H and O–H groups in total. The summed E-state index contributed by atoms with van der Waals surface area (Å²) in [4.78, 5) is 22.2. The minimum Gasteiger partial charge on any atom is -0.457 e. The van der Waals surface area contributed by atoms with E-state index in [2.05, 4.69) is 400 Å². The highest BCUT2D eigenvalue weighted by molar-refractivity contribution is 6.06. The van der Waals surface area contributed by atoms with Crippen LogP contribution in [0.25, 0.3) is 156 Å². The van der Waals surface area contributed by atoms with E-state index < -0.39 is 10.8 Å². The van der Waals surface area contributed by atoms with Gasteiger partial charge in [0, 0.05) is 55.6 Å². The highest BCUT2D eigenvalue weighted by Crippen LogP contribution is 2.66. The third kappa shape index (κ3) is 9.94. The van der Waals surface area contributed by atoms with Crippen LogP contribution in [0.4, 0.5) is 0 Å². The molecule has 19 aromatic rings. The van der Waals surface area contributed by atoms with Crippen LogP contribution in [-0.2, 0) is 10.8 Å². The number of aromatic nitrogens is 4. The Morgan fingerprint density at radius 2 is 0.535 bits per heavy atom. The van der Waals surface area contributed by atoms with E-state index in [9.17, 15) is 0 Å². The van der Waals surface area contributed by atoms with E-state index >= 15 is 0 Å². The van der Waals surface area contributed by atoms with Crippen LogP contribution in [-0.4, -0.2) is 19.9 Å². The van der Waals surface area contributed by atoms with Crippen LogP contribution >= 0.6 is 0 Å². The molecule has 6 nitrogen and oxygen atoms in total. The second-order valence-corrected chi connectivity index (χ2v) is 30.1. The van der Waals surface area contributed by atoms with Gasteiger partial charge in [-0.25, -0.2) is 19.9 Å². The first kappa shape index (κ1) is 65.0. The first-order chi connectivity index (χ1) is 56.5. The van der Waals surface area contributed by atoms with Gasteiger partial charge in [-0.1, -0.05) is 340 Å². The first-order valence-electron chi connectivity index (χ1n) is 39.0. The molecule has 0 amide bonds. The predicted octanol–water partition coefficient (Wildman–Crippen LogP) is 27.2. The molecule has 1 atom stereocenters. The molecule has 2 spiro atoms. The number of benzene rings is 17. The van der Waals surface area contributed by atoms with Crippen molar-refractivity contribution < 1.29 is 9.47 Å². The molecule has 2 aliphatic heterocycles. The van der Waals surface area contributed by atoms with E-state index in [0.717, 1.165) is 156 Å². The molecule has 23 rings (SSSR count). The van der Waals surface area contributed by atoms with Gasteiger partial charge in [-0.15, -0.1) is 0 Å². The van der Waals surface area contributed by atoms with Gasteiger partial charge in [0.1, 0.15) is 23.0 Å². The quantitative estimate of drug-likeness (QED) is 0.136. The molecule has 17 aromatic carbocycles. The SMILES string of the molecule is c1ccc(-c2cc(-c3ccc4ccc(-c5cccc6c5-c5ccccc5C65c6ccccc6Oc6ccc(-c7ccccc7-c7nc(-c8ccccc8)cc(-c8ccc(-c9ccccc9)c9ccccc89)n7)cc65)cc4c3)nc(-c3ccccc3-c3ccc4c(c3)C3(c5ccccc5O4)c4ccccc4-c4ccccc43)n2)cc1. The number of hydrogen-bond donors (Lipinski definition) is 0. The van der Waals surface area contributed by atoms with Crippen molar-refractivity contribution in [2.75, 3.05) is 0 Å². The number of ether oxygens (including phenoxy) is 2. The summed E-state index contributed by atoms with van der Waals surface area (Å²) in [6.45, 7) is 0. The third-order valence-electron chi connectivity index (χ3n) is 24.1. The summed E-state index contributed by atoms with van der Waals surface area (Å²) < 4.78 is 14.0. The molecule has 530 valence electrons. The van der Waals surface area contributed by atoms with Gasteiger partial charge in [-0.3, -0.25) is 0 Å². The van der Waals surface area contributed by atoms with Crippen LogP contribution in [0.15, 0.2) is 400 Å². The van der Waals surface area contributed by atoms with Crippen molar-refractivity contribution >= 4 is 21.5 Å². The van der Waals surface area contributed by atoms with E-state index in [0.29, 0.717) is 11.6 Å². The lowest BCUT2D eigenvalue weighted by Crippen LogP contribution is -2.32. The first-order valence-corrected chi connectivity index (χ1v) is 39.0. The summed E-state index contributed by atoms with van der Waals surface area (Å²) in [6, 6.07) is 144. The average molecular weight is 1450 g/mol. The van der Waals surface area contributed by atoms with Crippen molar-refractivity contribution in [2.45, 2.75) is 10.8 Å². The van der Waals surface area contributed by atoms with E-state index in [-0.39, 0.29) is 0 Å². The molecule has 0 fully saturated rings. The second-order valence-electron chi connectivity index (χ2n) is 30.1. The standard InChI is InChI=1S/C108H66N4O2/c1-4-27-68(28-5-1)78-57-58-84(81-36-13-12-35-80(78)81)99-66-97(70-31-8-3-9-32-70)110-106(112-99)86-40-15-11-34-77(86)73-56-60-103-95(64-73)108(92-47-23-25-50-101(92)114-103)90-45-21-18-41-87(90)104-79(42-26-48-93(104)108)71-53-51-67-52-54-74(62-75(67)61-71)98-65-96(69-29-6-2-7-30-69)109-105(111-98)85-39-14-10-33-76(85)72-55-59-102-94(63-72)107(91-46-22-24-49-100(91)113-102)88-43-19-16-37-82(88)83-38-17-20-44-89(83)107/h1-66H. The summed E-state index contributed by atoms with van der Waals surface area (Å²) in [6.07, 6.45) is 0. The van der Waals surface area contributed by atoms with Crippen molar-refractivity contribution in [3.05, 3.63) is 445 Å². The molecule has 0 bridgehead atoms. The summed E-state index contributed by atoms with van der Waals surface area (Å²) in [5.41, 5.74) is 30.6. The van der Waals surface area contributed by atoms with Crippen LogP contribution in [0.5, 0.6) is 23.0 Å². The fourth-order valence-corrected chi connectivity index (χ4v) is 19.1. The van der Waals surface area contributed by atoms with Crippen molar-refractivity contribution in [2.24, 2.45) is 0 Å². The van der Waals surface area contributed by atoms with Crippen molar-refractivity contribution in [1.29, 1.82) is 0 Å². The maximum Gasteiger partial charge on any atom is 0.161 e. The van der Waals surface area contributed by atoms with Crippen LogP contribution in [0.2, 0.25) is 0 Å². The van der Waals surface area contributed by atoms with E-state index in [4.69, 9.17) is 29.4 Å². The number of para-hydroxylation sites is 2. The lowest BCUT2D eigenvalue weighted by atomic mass is 9.65. The Labute approximate surface area is 660 Å². The van der Waals surface area contributed by atoms with Crippen LogP contribution in [0.1, 0.15) is 44.5 Å². The fourth-order valence-electron chi connectivity index (χ4n) is 19.1. The molecule has 4 heterocycles. The van der Waals surface area contributed by atoms with Gasteiger partial charge in [0.05, 0.1) is 33.6 Å². The highest BCUT2D eigenvalue weighted by atomic mass is 16.5. The van der Waals surface area contributed by atoms with Gasteiger partial charge in [-0.2, -0.15) is 0 Å². The molecule has 1 unspecified atom stereocenters. The van der Waals surface area contributed by atoms with Crippen molar-refractivity contribution in [3.8, 4) is 158 Å². The van der Waals surface area contributed by atoms with Gasteiger partial charge < -0.3 is 9.47 Å². The van der Waals surface area contributed by atoms with Crippen LogP contribution in [0, 0.1) is 0 Å². The van der Waals surface area contributed by atoms with Gasteiger partial charge in [-0.05, 0) is 171 Å². The molecule has 6 heteroatoms. The zero-order valence-corrected chi connectivity index (χ0v) is 61.7. The molecular weight excluding hydrogens is 1390 g/mol. The Hall–Kier alpha value is -15.0. The zero-order valence-electron chi connectivity index (χ0n) is 61.7. The molecule has 2 aliphatic carbocycles. The Morgan fingerprint density at radius 1 is 0.175 bits per heavy atom. The molecule has 0 saturated heterocycles. The van der Waals surface area contributed by atoms with E-state index in [1.54, 1.807) is 0 Å². The third-order valence-corrected chi connectivity index (χ3v) is 24.1. The van der Waals surface area contributed by atoms with Crippen molar-refractivity contribution in [1.82, 2.24) is 19.9 Å². The van der Waals surface area contributed by atoms with Gasteiger partial charge >= 0.3 is 0 Å². The predicted molar refractivity (Wildman–Crippen MR) is 462 cm³/mol. The van der Waals surface area contributed by atoms with Gasteiger partial charge in [0.25, 0.3) is 0 Å². The zero-order chi connectivity index (χ0) is 75.0. The summed E-state index contributed by atoms with van der Waals surface area (Å²) in [5.74, 6) is 4.60. The molecule has 4 aliphatic rings. The minimum absolute atomic E-state index is 0.623. The minimum atomic E-state index is -0.790. The largest absolute Gasteiger partial charge is 0.457 e. The van der Waals surface area contributed by atoms with Gasteiger partial charge in [0.2, 0.25) is 0 Å². The second kappa shape index (κ2) is 25.8. The van der Waals surface area contributed by atoms with Crippen LogP contribution < -0.4 is 9.47 Å². The van der Waals surface area contributed by atoms with Crippen molar-refractivity contribution in [3.63, 3.8) is 0 Å². The summed E-state index contributed by atoms with van der Waals surface area (Å²) in [5, 5.41) is 4.51. The molecular formula is C108H66N4O2. The molecule has 0 saturated carbocycles. The normalized spacial score (nSPS) is 14.0. The maximum atomic E-state index is 7.13. The van der Waals surface area contributed by atoms with Gasteiger partial charge in [0.15, 0.2) is 11.6 Å². The maximum absolute atomic E-state index is 7.13. The number of nitrogens with zero attached hydrogens (tertiary/aromatic N) is 4. The average Bonchev–Trinajstić information content (AvgIpc) is 1.51. The number of hydrogen-bond acceptors (Lipinski definition) is 6. The molecule has 0 radical (unpaired) electrons. The topological polar surface area (TPSA) is 70.0 Å². The smallest absolute Gasteiger partial charge is 0.161 e. The number of rotatable bonds is 10. The fraction of sp³-hybridized carbons (Fsp3) is 0.0185. The van der Waals surface area contributed by atoms with E-state index in [1.807, 2.05) is 0 Å². The van der Waals surface area contributed by atoms with E-state index in [1.165, 1.54) is 55.6 Å². The summed E-state index contributed by atoms with van der Waals surface area (Å²) in [7, 11) is 0. The Morgan fingerprint density at radius 3 is 1.10 bits per heavy atom. The van der Waals surface area contributed by atoms with Crippen LogP contribution in [0.3, 0.4) is 0 Å². The molecule has 2 aromatic heterocycles. The Bertz CT molecular complexity index is 7150. The highest BCUT2D eigenvalue weighted by Gasteiger charge is 2.53. The summed E-state index contributed by atoms with van der Waals surface area (Å²) >= 11 is 0. The molecule has 114 heavy (non-hydrogen) atoms.